The topological polar surface area (TPSA) is 41.5 Å². The standard InChI is InChI=1S/C14H23NO2/c1-12-9-13(2)11-14(10-12)17-8-6-15-5-3-4-7-16/h9-11,15-16H,3-8H2,1-2H3. The van der Waals surface area contributed by atoms with Crippen molar-refractivity contribution in [2.24, 2.45) is 0 Å². The number of aryl methyl sites for hydroxylation is 2. The van der Waals surface area contributed by atoms with Crippen molar-refractivity contribution in [3.8, 4) is 5.75 Å². The van der Waals surface area contributed by atoms with Crippen molar-refractivity contribution >= 4 is 0 Å². The summed E-state index contributed by atoms with van der Waals surface area (Å²) in [7, 11) is 0. The summed E-state index contributed by atoms with van der Waals surface area (Å²) in [6, 6.07) is 6.25. The maximum Gasteiger partial charge on any atom is 0.119 e. The number of ether oxygens (including phenoxy) is 1. The van der Waals surface area contributed by atoms with E-state index in [0.29, 0.717) is 6.61 Å². The summed E-state index contributed by atoms with van der Waals surface area (Å²) >= 11 is 0. The molecule has 0 aromatic heterocycles. The van der Waals surface area contributed by atoms with Gasteiger partial charge in [0, 0.05) is 13.2 Å². The van der Waals surface area contributed by atoms with E-state index >= 15 is 0 Å². The van der Waals surface area contributed by atoms with Crippen molar-refractivity contribution in [2.45, 2.75) is 26.7 Å². The van der Waals surface area contributed by atoms with Gasteiger partial charge in [0.15, 0.2) is 0 Å². The second-order valence-corrected chi connectivity index (χ2v) is 4.35. The minimum atomic E-state index is 0.279. The SMILES string of the molecule is Cc1cc(C)cc(OCCNCCCCO)c1. The fraction of sp³-hybridized carbons (Fsp3) is 0.571. The molecule has 2 N–H and O–H groups in total. The van der Waals surface area contributed by atoms with Gasteiger partial charge in [-0.25, -0.2) is 0 Å². The first-order valence-corrected chi connectivity index (χ1v) is 6.25. The fourth-order valence-electron chi connectivity index (χ4n) is 1.74. The molecule has 0 heterocycles. The van der Waals surface area contributed by atoms with Crippen LogP contribution in [0.4, 0.5) is 0 Å². The molecule has 0 atom stereocenters. The Hall–Kier alpha value is -1.06. The Morgan fingerprint density at radius 3 is 2.41 bits per heavy atom. The van der Waals surface area contributed by atoms with Crippen molar-refractivity contribution in [2.75, 3.05) is 26.3 Å². The third kappa shape index (κ3) is 6.29. The average Bonchev–Trinajstić information content (AvgIpc) is 2.26. The summed E-state index contributed by atoms with van der Waals surface area (Å²) in [4.78, 5) is 0. The van der Waals surface area contributed by atoms with Gasteiger partial charge in [-0.1, -0.05) is 6.07 Å². The van der Waals surface area contributed by atoms with E-state index < -0.39 is 0 Å². The molecule has 0 bridgehead atoms. The molecule has 17 heavy (non-hydrogen) atoms. The van der Waals surface area contributed by atoms with E-state index in [1.807, 2.05) is 0 Å². The van der Waals surface area contributed by atoms with Crippen LogP contribution in [0.1, 0.15) is 24.0 Å². The monoisotopic (exact) mass is 237 g/mol. The minimum Gasteiger partial charge on any atom is -0.492 e. The molecule has 1 aromatic rings. The quantitative estimate of drug-likeness (QED) is 0.680. The van der Waals surface area contributed by atoms with Gasteiger partial charge in [-0.3, -0.25) is 0 Å². The highest BCUT2D eigenvalue weighted by Gasteiger charge is 1.96. The van der Waals surface area contributed by atoms with Crippen LogP contribution in [0.15, 0.2) is 18.2 Å². The number of hydrogen-bond acceptors (Lipinski definition) is 3. The van der Waals surface area contributed by atoms with E-state index in [2.05, 4.69) is 37.4 Å². The zero-order chi connectivity index (χ0) is 12.5. The second kappa shape index (κ2) is 8.09. The third-order valence-corrected chi connectivity index (χ3v) is 2.50. The summed E-state index contributed by atoms with van der Waals surface area (Å²) in [6.45, 7) is 6.90. The maximum absolute atomic E-state index is 8.62. The largest absolute Gasteiger partial charge is 0.492 e. The number of rotatable bonds is 8. The van der Waals surface area contributed by atoms with Crippen molar-refractivity contribution in [3.05, 3.63) is 29.3 Å². The summed E-state index contributed by atoms with van der Waals surface area (Å²) in [5.41, 5.74) is 2.46. The molecule has 0 saturated carbocycles. The lowest BCUT2D eigenvalue weighted by Gasteiger charge is -2.09. The molecule has 3 nitrogen and oxygen atoms in total. The van der Waals surface area contributed by atoms with Gasteiger partial charge in [-0.2, -0.15) is 0 Å². The predicted molar refractivity (Wildman–Crippen MR) is 70.6 cm³/mol. The van der Waals surface area contributed by atoms with Gasteiger partial charge in [-0.05, 0) is 56.5 Å². The van der Waals surface area contributed by atoms with Crippen LogP contribution in [-0.2, 0) is 0 Å². The normalized spacial score (nSPS) is 10.5. The lowest BCUT2D eigenvalue weighted by atomic mass is 10.1. The number of aliphatic hydroxyl groups excluding tert-OH is 1. The highest BCUT2D eigenvalue weighted by atomic mass is 16.5. The molecule has 0 radical (unpaired) electrons. The molecular weight excluding hydrogens is 214 g/mol. The molecule has 3 heteroatoms. The van der Waals surface area contributed by atoms with Crippen LogP contribution >= 0.6 is 0 Å². The van der Waals surface area contributed by atoms with Crippen LogP contribution in [0.25, 0.3) is 0 Å². The Bertz CT molecular complexity index is 306. The zero-order valence-corrected chi connectivity index (χ0v) is 10.8. The average molecular weight is 237 g/mol. The van der Waals surface area contributed by atoms with E-state index in [9.17, 15) is 0 Å². The molecule has 0 aliphatic rings. The summed E-state index contributed by atoms with van der Waals surface area (Å²) in [5, 5.41) is 11.9. The molecule has 0 fully saturated rings. The second-order valence-electron chi connectivity index (χ2n) is 4.35. The number of hydrogen-bond donors (Lipinski definition) is 2. The Balaban J connectivity index is 2.13. The highest BCUT2D eigenvalue weighted by Crippen LogP contribution is 2.15. The number of unbranched alkanes of at least 4 members (excludes halogenated alkanes) is 1. The van der Waals surface area contributed by atoms with Crippen LogP contribution in [0.5, 0.6) is 5.75 Å². The molecule has 0 spiro atoms. The molecule has 0 amide bonds. The highest BCUT2D eigenvalue weighted by molar-refractivity contribution is 5.32. The summed E-state index contributed by atoms with van der Waals surface area (Å²) < 4.78 is 5.66. The number of nitrogens with one attached hydrogen (secondary N) is 1. The Morgan fingerprint density at radius 2 is 1.76 bits per heavy atom. The molecule has 1 rings (SSSR count). The summed E-state index contributed by atoms with van der Waals surface area (Å²) in [5.74, 6) is 0.944. The first-order valence-electron chi connectivity index (χ1n) is 6.25. The fourth-order valence-corrected chi connectivity index (χ4v) is 1.74. The Labute approximate surface area is 104 Å². The van der Waals surface area contributed by atoms with Crippen LogP contribution in [0, 0.1) is 13.8 Å². The Morgan fingerprint density at radius 1 is 1.06 bits per heavy atom. The van der Waals surface area contributed by atoms with E-state index in [1.54, 1.807) is 0 Å². The van der Waals surface area contributed by atoms with Crippen molar-refractivity contribution in [1.29, 1.82) is 0 Å². The molecule has 0 aliphatic heterocycles. The first-order chi connectivity index (χ1) is 8.22. The molecule has 1 aromatic carbocycles. The van der Waals surface area contributed by atoms with Crippen LogP contribution in [-0.4, -0.2) is 31.4 Å². The van der Waals surface area contributed by atoms with E-state index in [0.717, 1.165) is 31.7 Å². The van der Waals surface area contributed by atoms with Crippen molar-refractivity contribution in [3.63, 3.8) is 0 Å². The van der Waals surface area contributed by atoms with Gasteiger partial charge in [-0.15, -0.1) is 0 Å². The van der Waals surface area contributed by atoms with Gasteiger partial charge >= 0.3 is 0 Å². The number of benzene rings is 1. The Kier molecular flexibility index (Phi) is 6.67. The number of aliphatic hydroxyl groups is 1. The van der Waals surface area contributed by atoms with Crippen LogP contribution < -0.4 is 10.1 Å². The van der Waals surface area contributed by atoms with Gasteiger partial charge in [0.25, 0.3) is 0 Å². The predicted octanol–water partition coefficient (Wildman–Crippen LogP) is 2.04. The van der Waals surface area contributed by atoms with Gasteiger partial charge < -0.3 is 15.2 Å². The summed E-state index contributed by atoms with van der Waals surface area (Å²) in [6.07, 6.45) is 1.88. The van der Waals surface area contributed by atoms with E-state index in [-0.39, 0.29) is 6.61 Å². The van der Waals surface area contributed by atoms with Gasteiger partial charge in [0.05, 0.1) is 0 Å². The molecule has 0 saturated heterocycles. The maximum atomic E-state index is 8.62. The van der Waals surface area contributed by atoms with Gasteiger partial charge in [0.1, 0.15) is 12.4 Å². The molecule has 0 aliphatic carbocycles. The lowest BCUT2D eigenvalue weighted by molar-refractivity contribution is 0.281. The lowest BCUT2D eigenvalue weighted by Crippen LogP contribution is -2.22. The van der Waals surface area contributed by atoms with Crippen molar-refractivity contribution < 1.29 is 9.84 Å². The van der Waals surface area contributed by atoms with Crippen molar-refractivity contribution in [1.82, 2.24) is 5.32 Å². The van der Waals surface area contributed by atoms with E-state index in [4.69, 9.17) is 9.84 Å². The molecule has 0 unspecified atom stereocenters. The van der Waals surface area contributed by atoms with E-state index in [1.165, 1.54) is 11.1 Å². The minimum absolute atomic E-state index is 0.279. The smallest absolute Gasteiger partial charge is 0.119 e. The van der Waals surface area contributed by atoms with Gasteiger partial charge in [0.2, 0.25) is 0 Å². The third-order valence-electron chi connectivity index (χ3n) is 2.50. The van der Waals surface area contributed by atoms with Crippen LogP contribution in [0.3, 0.4) is 0 Å². The molecule has 96 valence electrons. The van der Waals surface area contributed by atoms with Crippen LogP contribution in [0.2, 0.25) is 0 Å². The zero-order valence-electron chi connectivity index (χ0n) is 10.8. The first kappa shape index (κ1) is 14.0. The molecular formula is C14H23NO2.